The number of carbonyl (C=O) groups excluding carboxylic acids is 1. The third-order valence-corrected chi connectivity index (χ3v) is 4.43. The minimum absolute atomic E-state index is 0.328. The van der Waals surface area contributed by atoms with Gasteiger partial charge in [-0.1, -0.05) is 11.6 Å². The van der Waals surface area contributed by atoms with Crippen molar-refractivity contribution < 1.29 is 19.1 Å². The molecule has 1 aromatic carbocycles. The van der Waals surface area contributed by atoms with Gasteiger partial charge in [-0.3, -0.25) is 4.79 Å². The Balaban J connectivity index is 2.02. The van der Waals surface area contributed by atoms with Crippen LogP contribution in [-0.2, 0) is 9.57 Å². The van der Waals surface area contributed by atoms with Crippen LogP contribution in [-0.4, -0.2) is 25.9 Å². The lowest BCUT2D eigenvalue weighted by atomic mass is 10.2. The Labute approximate surface area is 136 Å². The molecule has 1 saturated heterocycles. The van der Waals surface area contributed by atoms with E-state index in [4.69, 9.17) is 25.9 Å². The van der Waals surface area contributed by atoms with Crippen LogP contribution in [0.3, 0.4) is 0 Å². The summed E-state index contributed by atoms with van der Waals surface area (Å²) < 4.78 is 11.4. The summed E-state index contributed by atoms with van der Waals surface area (Å²) in [5, 5.41) is 0.491. The molecule has 110 valence electrons. The molecular weight excluding hydrogens is 397 g/mol. The van der Waals surface area contributed by atoms with Gasteiger partial charge >= 0.3 is 0 Å². The fraction of sp³-hybridized carbons (Fsp3) is 0.462. The zero-order valence-corrected chi connectivity index (χ0v) is 13.9. The third-order valence-electron chi connectivity index (χ3n) is 2.91. The van der Waals surface area contributed by atoms with E-state index in [9.17, 15) is 4.79 Å². The van der Waals surface area contributed by atoms with Gasteiger partial charge in [0.15, 0.2) is 6.29 Å². The average Bonchev–Trinajstić information content (AvgIpc) is 2.48. The normalized spacial score (nSPS) is 18.6. The largest absolute Gasteiger partial charge is 0.496 e. The number of amides is 1. The molecule has 7 heteroatoms. The molecule has 0 bridgehead atoms. The molecule has 0 aromatic heterocycles. The number of carbonyl (C=O) groups is 1. The molecular formula is C13H15ClINO4. The van der Waals surface area contributed by atoms with Crippen LogP contribution in [0.2, 0.25) is 5.02 Å². The summed E-state index contributed by atoms with van der Waals surface area (Å²) in [6.07, 6.45) is 2.43. The number of nitrogens with one attached hydrogen (secondary N) is 1. The fourth-order valence-corrected chi connectivity index (χ4v) is 2.46. The van der Waals surface area contributed by atoms with Crippen molar-refractivity contribution in [3.63, 3.8) is 0 Å². The smallest absolute Gasteiger partial charge is 0.278 e. The van der Waals surface area contributed by atoms with Crippen LogP contribution < -0.4 is 10.2 Å². The van der Waals surface area contributed by atoms with Crippen LogP contribution in [0.1, 0.15) is 29.6 Å². The third kappa shape index (κ3) is 3.97. The molecule has 0 spiro atoms. The Bertz CT molecular complexity index is 492. The second-order valence-corrected chi connectivity index (χ2v) is 5.88. The fourth-order valence-electron chi connectivity index (χ4n) is 1.85. The lowest BCUT2D eigenvalue weighted by Crippen LogP contribution is -2.33. The molecule has 0 radical (unpaired) electrons. The van der Waals surface area contributed by atoms with Crippen LogP contribution in [0.15, 0.2) is 12.1 Å². The van der Waals surface area contributed by atoms with Gasteiger partial charge in [-0.15, -0.1) is 0 Å². The summed E-state index contributed by atoms with van der Waals surface area (Å²) in [4.78, 5) is 17.3. The minimum Gasteiger partial charge on any atom is -0.496 e. The number of halogens is 2. The molecule has 1 aliphatic rings. The van der Waals surface area contributed by atoms with E-state index in [1.165, 1.54) is 7.11 Å². The maximum Gasteiger partial charge on any atom is 0.278 e. The molecule has 1 N–H and O–H groups in total. The Kier molecular flexibility index (Phi) is 5.88. The summed E-state index contributed by atoms with van der Waals surface area (Å²) in [7, 11) is 1.50. The van der Waals surface area contributed by atoms with Gasteiger partial charge in [0.1, 0.15) is 5.75 Å². The lowest BCUT2D eigenvalue weighted by Gasteiger charge is -2.22. The Morgan fingerprint density at radius 2 is 2.30 bits per heavy atom. The van der Waals surface area contributed by atoms with E-state index < -0.39 is 12.2 Å². The van der Waals surface area contributed by atoms with Crippen LogP contribution in [0, 0.1) is 3.57 Å². The van der Waals surface area contributed by atoms with Gasteiger partial charge in [0.05, 0.1) is 17.7 Å². The van der Waals surface area contributed by atoms with E-state index in [1.54, 1.807) is 12.1 Å². The van der Waals surface area contributed by atoms with Crippen molar-refractivity contribution in [3.8, 4) is 5.75 Å². The predicted molar refractivity (Wildman–Crippen MR) is 82.9 cm³/mol. The van der Waals surface area contributed by atoms with Gasteiger partial charge in [-0.2, -0.15) is 0 Å². The molecule has 1 fully saturated rings. The number of methoxy groups -OCH3 is 1. The van der Waals surface area contributed by atoms with Gasteiger partial charge < -0.3 is 9.47 Å². The molecule has 1 amide bonds. The van der Waals surface area contributed by atoms with E-state index >= 15 is 0 Å². The highest BCUT2D eigenvalue weighted by atomic mass is 127. The molecule has 2 rings (SSSR count). The van der Waals surface area contributed by atoms with Crippen molar-refractivity contribution in [1.82, 2.24) is 5.48 Å². The van der Waals surface area contributed by atoms with E-state index in [1.807, 2.05) is 0 Å². The van der Waals surface area contributed by atoms with Crippen molar-refractivity contribution in [3.05, 3.63) is 26.3 Å². The second-order valence-electron chi connectivity index (χ2n) is 4.31. The zero-order chi connectivity index (χ0) is 14.5. The Hall–Kier alpha value is -0.570. The standard InChI is InChI=1S/C13H15ClINO4/c1-18-11-7-10(15)9(14)6-8(11)13(17)16-20-12-4-2-3-5-19-12/h6-7,12H,2-5H2,1H3,(H,16,17). The SMILES string of the molecule is COc1cc(I)c(Cl)cc1C(=O)NOC1CCCCO1. The molecule has 1 aromatic rings. The molecule has 1 unspecified atom stereocenters. The van der Waals surface area contributed by atoms with Crippen LogP contribution in [0.5, 0.6) is 5.75 Å². The highest BCUT2D eigenvalue weighted by Crippen LogP contribution is 2.28. The van der Waals surface area contributed by atoms with Crippen molar-refractivity contribution in [2.45, 2.75) is 25.6 Å². The predicted octanol–water partition coefficient (Wildman–Crippen LogP) is 3.14. The number of hydrogen-bond acceptors (Lipinski definition) is 4. The van der Waals surface area contributed by atoms with Crippen LogP contribution >= 0.6 is 34.2 Å². The summed E-state index contributed by atoms with van der Waals surface area (Å²) in [6, 6.07) is 3.26. The van der Waals surface area contributed by atoms with Crippen LogP contribution in [0.4, 0.5) is 0 Å². The molecule has 1 aliphatic heterocycles. The summed E-state index contributed by atoms with van der Waals surface area (Å²) >= 11 is 8.10. The number of hydrogen-bond donors (Lipinski definition) is 1. The first kappa shape index (κ1) is 15.8. The maximum absolute atomic E-state index is 12.1. The van der Waals surface area contributed by atoms with Gasteiger partial charge in [0.25, 0.3) is 5.91 Å². The molecule has 1 atom stereocenters. The minimum atomic E-state index is -0.408. The number of ether oxygens (including phenoxy) is 2. The topological polar surface area (TPSA) is 56.8 Å². The quantitative estimate of drug-likeness (QED) is 0.611. The highest BCUT2D eigenvalue weighted by Gasteiger charge is 2.19. The van der Waals surface area contributed by atoms with Crippen molar-refractivity contribution in [2.24, 2.45) is 0 Å². The number of rotatable bonds is 4. The molecule has 5 nitrogen and oxygen atoms in total. The highest BCUT2D eigenvalue weighted by molar-refractivity contribution is 14.1. The van der Waals surface area contributed by atoms with E-state index in [0.29, 0.717) is 22.9 Å². The van der Waals surface area contributed by atoms with Crippen molar-refractivity contribution in [2.75, 3.05) is 13.7 Å². The monoisotopic (exact) mass is 411 g/mol. The summed E-state index contributed by atoms with van der Waals surface area (Å²) in [5.41, 5.74) is 2.71. The first-order valence-electron chi connectivity index (χ1n) is 6.22. The van der Waals surface area contributed by atoms with E-state index in [-0.39, 0.29) is 0 Å². The van der Waals surface area contributed by atoms with Gasteiger partial charge in [-0.25, -0.2) is 10.3 Å². The van der Waals surface area contributed by atoms with Gasteiger partial charge in [0, 0.05) is 16.6 Å². The average molecular weight is 412 g/mol. The number of hydroxylamine groups is 1. The molecule has 20 heavy (non-hydrogen) atoms. The first-order valence-corrected chi connectivity index (χ1v) is 7.68. The summed E-state index contributed by atoms with van der Waals surface area (Å²) in [5.74, 6) is 0.0405. The Morgan fingerprint density at radius 3 is 2.95 bits per heavy atom. The zero-order valence-electron chi connectivity index (χ0n) is 10.9. The van der Waals surface area contributed by atoms with Crippen molar-refractivity contribution in [1.29, 1.82) is 0 Å². The van der Waals surface area contributed by atoms with Crippen molar-refractivity contribution >= 4 is 40.1 Å². The maximum atomic E-state index is 12.1. The van der Waals surface area contributed by atoms with Crippen LogP contribution in [0.25, 0.3) is 0 Å². The lowest BCUT2D eigenvalue weighted by molar-refractivity contribution is -0.186. The second kappa shape index (κ2) is 7.44. The van der Waals surface area contributed by atoms with Gasteiger partial charge in [0.2, 0.25) is 0 Å². The molecule has 0 saturated carbocycles. The molecule has 1 heterocycles. The van der Waals surface area contributed by atoms with Gasteiger partial charge in [-0.05, 0) is 47.6 Å². The first-order chi connectivity index (χ1) is 9.61. The Morgan fingerprint density at radius 1 is 1.50 bits per heavy atom. The number of benzene rings is 1. The molecule has 0 aliphatic carbocycles. The van der Waals surface area contributed by atoms with E-state index in [0.717, 1.165) is 22.8 Å². The summed E-state index contributed by atoms with van der Waals surface area (Å²) in [6.45, 7) is 0.652. The van der Waals surface area contributed by atoms with E-state index in [2.05, 4.69) is 28.1 Å².